The van der Waals surface area contributed by atoms with Gasteiger partial charge in [-0.05, 0) is 35.4 Å². The standard InChI is InChI=1S/C27H19F3N2O4S/c1-17(18-9-3-2-4-10-18)35-26-22-14-8-7-13-21(22)25(31-32-26)24-20-12-6-5-11-19(20)15-16-23(24)36-37(33,34)27(28,29)30/h2-17H,1H3/t17-/m1/s1. The lowest BCUT2D eigenvalue weighted by molar-refractivity contribution is -0.0499. The van der Waals surface area contributed by atoms with Crippen LogP contribution in [0.5, 0.6) is 11.6 Å². The first-order valence-electron chi connectivity index (χ1n) is 11.2. The minimum Gasteiger partial charge on any atom is -0.468 e. The highest BCUT2D eigenvalue weighted by Crippen LogP contribution is 2.42. The molecule has 0 amide bonds. The largest absolute Gasteiger partial charge is 0.534 e. The van der Waals surface area contributed by atoms with Crippen LogP contribution in [0.25, 0.3) is 32.8 Å². The molecule has 10 heteroatoms. The summed E-state index contributed by atoms with van der Waals surface area (Å²) in [5.41, 5.74) is -4.47. The molecule has 0 aliphatic heterocycles. The Hall–Kier alpha value is -4.18. The lowest BCUT2D eigenvalue weighted by Gasteiger charge is -2.18. The number of ether oxygens (including phenoxy) is 1. The maximum absolute atomic E-state index is 13.2. The topological polar surface area (TPSA) is 78.4 Å². The summed E-state index contributed by atoms with van der Waals surface area (Å²) >= 11 is 0. The van der Waals surface area contributed by atoms with Crippen molar-refractivity contribution in [2.24, 2.45) is 0 Å². The monoisotopic (exact) mass is 524 g/mol. The number of nitrogens with zero attached hydrogens (tertiary/aromatic N) is 2. The summed E-state index contributed by atoms with van der Waals surface area (Å²) in [6, 6.07) is 25.9. The molecule has 0 aliphatic rings. The summed E-state index contributed by atoms with van der Waals surface area (Å²) in [6.07, 6.45) is -0.363. The Balaban J connectivity index is 1.70. The first-order valence-corrected chi connectivity index (χ1v) is 12.6. The van der Waals surface area contributed by atoms with Crippen LogP contribution in [0.2, 0.25) is 0 Å². The fourth-order valence-corrected chi connectivity index (χ4v) is 4.51. The van der Waals surface area contributed by atoms with Crippen LogP contribution < -0.4 is 8.92 Å². The third kappa shape index (κ3) is 4.67. The summed E-state index contributed by atoms with van der Waals surface area (Å²) < 4.78 is 74.1. The molecular formula is C27H19F3N2O4S. The van der Waals surface area contributed by atoms with Crippen LogP contribution in [0, 0.1) is 0 Å². The van der Waals surface area contributed by atoms with Gasteiger partial charge in [0, 0.05) is 10.8 Å². The minimum absolute atomic E-state index is 0.0669. The van der Waals surface area contributed by atoms with E-state index in [9.17, 15) is 21.6 Å². The summed E-state index contributed by atoms with van der Waals surface area (Å²) in [4.78, 5) is 0. The van der Waals surface area contributed by atoms with Crippen molar-refractivity contribution in [2.75, 3.05) is 0 Å². The molecule has 0 saturated carbocycles. The summed E-state index contributed by atoms with van der Waals surface area (Å²) in [5, 5.41) is 10.7. The zero-order valence-electron chi connectivity index (χ0n) is 19.3. The van der Waals surface area contributed by atoms with Crippen LogP contribution in [0.15, 0.2) is 91.0 Å². The van der Waals surface area contributed by atoms with Gasteiger partial charge in [0.2, 0.25) is 5.88 Å². The van der Waals surface area contributed by atoms with Crippen LogP contribution in [-0.2, 0) is 10.1 Å². The smallest absolute Gasteiger partial charge is 0.468 e. The molecule has 5 aromatic rings. The molecule has 0 unspecified atom stereocenters. The van der Waals surface area contributed by atoms with Gasteiger partial charge in [-0.15, -0.1) is 10.2 Å². The number of alkyl halides is 3. The summed E-state index contributed by atoms with van der Waals surface area (Å²) in [5.74, 6) is -0.289. The van der Waals surface area contributed by atoms with Crippen molar-refractivity contribution in [2.45, 2.75) is 18.5 Å². The Labute approximate surface area is 210 Å². The van der Waals surface area contributed by atoms with Crippen molar-refractivity contribution in [3.05, 3.63) is 96.6 Å². The van der Waals surface area contributed by atoms with Crippen molar-refractivity contribution >= 4 is 31.7 Å². The van der Waals surface area contributed by atoms with Gasteiger partial charge in [-0.3, -0.25) is 0 Å². The Kier molecular flexibility index (Phi) is 6.20. The second-order valence-electron chi connectivity index (χ2n) is 8.21. The van der Waals surface area contributed by atoms with E-state index in [1.54, 1.807) is 48.5 Å². The normalized spacial score (nSPS) is 13.0. The number of hydrogen-bond acceptors (Lipinski definition) is 6. The van der Waals surface area contributed by atoms with Crippen molar-refractivity contribution in [3.63, 3.8) is 0 Å². The molecule has 0 fully saturated rings. The van der Waals surface area contributed by atoms with E-state index in [1.165, 1.54) is 12.1 Å². The predicted molar refractivity (Wildman–Crippen MR) is 134 cm³/mol. The molecule has 37 heavy (non-hydrogen) atoms. The molecule has 0 bridgehead atoms. The van der Waals surface area contributed by atoms with E-state index in [0.717, 1.165) is 5.56 Å². The average molecular weight is 525 g/mol. The lowest BCUT2D eigenvalue weighted by Crippen LogP contribution is -2.28. The van der Waals surface area contributed by atoms with Crippen LogP contribution in [0.3, 0.4) is 0 Å². The van der Waals surface area contributed by atoms with Gasteiger partial charge < -0.3 is 8.92 Å². The van der Waals surface area contributed by atoms with Gasteiger partial charge in [0.15, 0.2) is 5.75 Å². The number of rotatable bonds is 6. The molecule has 6 nitrogen and oxygen atoms in total. The molecule has 1 aromatic heterocycles. The molecule has 188 valence electrons. The predicted octanol–water partition coefficient (Wildman–Crippen LogP) is 6.82. The second-order valence-corrected chi connectivity index (χ2v) is 9.75. The summed E-state index contributed by atoms with van der Waals surface area (Å²) in [6.45, 7) is 1.86. The highest BCUT2D eigenvalue weighted by atomic mass is 32.2. The molecule has 0 saturated heterocycles. The van der Waals surface area contributed by atoms with Gasteiger partial charge in [0.25, 0.3) is 0 Å². The van der Waals surface area contributed by atoms with Gasteiger partial charge in [-0.1, -0.05) is 78.9 Å². The van der Waals surface area contributed by atoms with Gasteiger partial charge in [-0.2, -0.15) is 21.6 Å². The molecule has 5 rings (SSSR count). The Morgan fingerprint density at radius 1 is 0.757 bits per heavy atom. The number of benzene rings is 4. The van der Waals surface area contributed by atoms with Crippen molar-refractivity contribution < 1.29 is 30.5 Å². The van der Waals surface area contributed by atoms with E-state index in [1.807, 2.05) is 37.3 Å². The minimum atomic E-state index is -5.93. The first-order chi connectivity index (χ1) is 17.7. The zero-order chi connectivity index (χ0) is 26.2. The Morgan fingerprint density at radius 2 is 1.38 bits per heavy atom. The fraction of sp³-hybridized carbons (Fsp3) is 0.111. The molecular weight excluding hydrogens is 505 g/mol. The number of fused-ring (bicyclic) bond motifs is 2. The average Bonchev–Trinajstić information content (AvgIpc) is 2.89. The molecule has 0 spiro atoms. The molecule has 0 radical (unpaired) electrons. The lowest BCUT2D eigenvalue weighted by atomic mass is 9.98. The van der Waals surface area contributed by atoms with Crippen molar-refractivity contribution in [3.8, 4) is 22.9 Å². The number of aromatic nitrogens is 2. The maximum atomic E-state index is 13.2. The highest BCUT2D eigenvalue weighted by Gasteiger charge is 2.49. The van der Waals surface area contributed by atoms with E-state index < -0.39 is 21.4 Å². The number of halogens is 3. The highest BCUT2D eigenvalue weighted by molar-refractivity contribution is 7.88. The van der Waals surface area contributed by atoms with Crippen LogP contribution in [0.1, 0.15) is 18.6 Å². The van der Waals surface area contributed by atoms with Crippen molar-refractivity contribution in [1.82, 2.24) is 10.2 Å². The molecule has 1 atom stereocenters. The molecule has 4 aromatic carbocycles. The van der Waals surface area contributed by atoms with E-state index in [0.29, 0.717) is 21.5 Å². The zero-order valence-corrected chi connectivity index (χ0v) is 20.1. The molecule has 0 N–H and O–H groups in total. The van der Waals surface area contributed by atoms with Gasteiger partial charge in [-0.25, -0.2) is 0 Å². The Morgan fingerprint density at radius 3 is 2.08 bits per heavy atom. The third-order valence-electron chi connectivity index (χ3n) is 5.82. The van der Waals surface area contributed by atoms with E-state index in [4.69, 9.17) is 4.74 Å². The van der Waals surface area contributed by atoms with Crippen LogP contribution >= 0.6 is 0 Å². The van der Waals surface area contributed by atoms with Gasteiger partial charge in [0.1, 0.15) is 11.8 Å². The van der Waals surface area contributed by atoms with E-state index >= 15 is 0 Å². The quantitative estimate of drug-likeness (QED) is 0.179. The first kappa shape index (κ1) is 24.5. The maximum Gasteiger partial charge on any atom is 0.534 e. The van der Waals surface area contributed by atoms with E-state index in [-0.39, 0.29) is 23.2 Å². The van der Waals surface area contributed by atoms with Crippen molar-refractivity contribution in [1.29, 1.82) is 0 Å². The molecule has 0 aliphatic carbocycles. The summed E-state index contributed by atoms with van der Waals surface area (Å²) in [7, 11) is -5.93. The SMILES string of the molecule is C[C@@H](Oc1nnc(-c2c(OS(=O)(=O)C(F)(F)F)ccc3ccccc23)c2ccccc12)c1ccccc1. The van der Waals surface area contributed by atoms with Crippen LogP contribution in [-0.4, -0.2) is 24.1 Å². The third-order valence-corrected chi connectivity index (χ3v) is 6.79. The van der Waals surface area contributed by atoms with Gasteiger partial charge in [0.05, 0.1) is 5.56 Å². The Bertz CT molecular complexity index is 1710. The van der Waals surface area contributed by atoms with E-state index in [2.05, 4.69) is 14.4 Å². The van der Waals surface area contributed by atoms with Crippen LogP contribution in [0.4, 0.5) is 13.2 Å². The van der Waals surface area contributed by atoms with Gasteiger partial charge >= 0.3 is 15.6 Å². The molecule has 1 heterocycles. The fourth-order valence-electron chi connectivity index (χ4n) is 4.04. The number of hydrogen-bond donors (Lipinski definition) is 0. The second kappa shape index (κ2) is 9.36.